The van der Waals surface area contributed by atoms with Gasteiger partial charge in [-0.1, -0.05) is 31.9 Å². The van der Waals surface area contributed by atoms with Gasteiger partial charge < -0.3 is 5.32 Å². The number of alkyl halides is 2. The highest BCUT2D eigenvalue weighted by atomic mass is 79.9. The molecule has 2 nitrogen and oxygen atoms in total. The van der Waals surface area contributed by atoms with Crippen LogP contribution in [0.25, 0.3) is 0 Å². The van der Waals surface area contributed by atoms with Crippen molar-refractivity contribution in [3.05, 3.63) is 0 Å². The number of carbonyl (C=O) groups excluding carboxylic acids is 1. The van der Waals surface area contributed by atoms with E-state index in [1.165, 1.54) is 0 Å². The highest BCUT2D eigenvalue weighted by Gasteiger charge is 2.49. The second kappa shape index (κ2) is 4.52. The van der Waals surface area contributed by atoms with E-state index in [0.717, 1.165) is 0 Å². The van der Waals surface area contributed by atoms with Crippen molar-refractivity contribution >= 4 is 54.6 Å². The summed E-state index contributed by atoms with van der Waals surface area (Å²) >= 11 is 5.49. The molecule has 1 rings (SSSR count). The lowest BCUT2D eigenvalue weighted by Gasteiger charge is -2.47. The van der Waals surface area contributed by atoms with Crippen molar-refractivity contribution in [3.63, 3.8) is 0 Å². The fourth-order valence-corrected chi connectivity index (χ4v) is 2.11. The maximum absolute atomic E-state index is 12.6. The van der Waals surface area contributed by atoms with E-state index in [9.17, 15) is 4.79 Å². The van der Waals surface area contributed by atoms with E-state index < -0.39 is 53.9 Å². The Balaban J connectivity index is 0.00000625. The summed E-state index contributed by atoms with van der Waals surface area (Å²) in [5.41, 5.74) is -6.24. The van der Waals surface area contributed by atoms with E-state index in [1.54, 1.807) is 0 Å². The van der Waals surface area contributed by atoms with Crippen molar-refractivity contribution in [2.45, 2.75) is 48.1 Å². The molecule has 2 unspecified atom stereocenters. The van der Waals surface area contributed by atoms with E-state index in [2.05, 4.69) is 31.9 Å². The number of ketones is 1. The van der Waals surface area contributed by atoms with Crippen LogP contribution in [0.15, 0.2) is 0 Å². The first-order chi connectivity index (χ1) is 10.7. The fraction of sp³-hybridized carbons (Fsp3) is 0.889. The zero-order valence-corrected chi connectivity index (χ0v) is 11.6. The van der Waals surface area contributed by atoms with Gasteiger partial charge in [-0.15, -0.1) is 17.0 Å². The van der Waals surface area contributed by atoms with Gasteiger partial charge in [-0.05, 0) is 27.4 Å². The molecule has 0 bridgehead atoms. The Morgan fingerprint density at radius 3 is 1.86 bits per heavy atom. The number of halogens is 3. The molecular weight excluding hydrogens is 378 g/mol. The summed E-state index contributed by atoms with van der Waals surface area (Å²) in [5, 5.41) is 1.91. The van der Waals surface area contributed by atoms with Gasteiger partial charge in [-0.3, -0.25) is 4.79 Å². The molecule has 0 aliphatic carbocycles. The minimum atomic E-state index is -3.43. The number of hydrogen-bond acceptors (Lipinski definition) is 2. The van der Waals surface area contributed by atoms with Gasteiger partial charge >= 0.3 is 0 Å². The Kier molecular flexibility index (Phi) is 1.42. The highest BCUT2D eigenvalue weighted by molar-refractivity contribution is 9.10. The lowest BCUT2D eigenvalue weighted by Crippen LogP contribution is -2.69. The third kappa shape index (κ3) is 2.60. The quantitative estimate of drug-likeness (QED) is 0.628. The van der Waals surface area contributed by atoms with Crippen molar-refractivity contribution in [2.75, 3.05) is 0 Å². The zero-order valence-electron chi connectivity index (χ0n) is 18.7. The van der Waals surface area contributed by atoms with Crippen LogP contribution in [0.4, 0.5) is 0 Å². The first kappa shape index (κ1) is 4.39. The Hall–Kier alpha value is 1.07. The van der Waals surface area contributed by atoms with Crippen LogP contribution in [0.3, 0.4) is 0 Å². The van der Waals surface area contributed by atoms with E-state index >= 15 is 0 Å². The molecule has 1 saturated heterocycles. The first-order valence-electron chi connectivity index (χ1n) is 9.30. The summed E-state index contributed by atoms with van der Waals surface area (Å²) in [6.07, 6.45) is 0. The number of hydrogen-bond donors (Lipinski definition) is 1. The SMILES string of the molecule is Br.[2H]C([2H])([2H])C1(C([2H])([2H])[2H])NC(C([2H])([2H])[2H])(C([2H])([2H])[2H])C(Br)C(=O)C1Br. The van der Waals surface area contributed by atoms with Gasteiger partial charge in [0.1, 0.15) is 0 Å². The van der Waals surface area contributed by atoms with Crippen molar-refractivity contribution < 1.29 is 21.2 Å². The molecule has 0 amide bonds. The number of Topliss-reactive ketones (excluding diaryl/α,β-unsaturated/α-hetero) is 1. The summed E-state index contributed by atoms with van der Waals surface area (Å²) in [6, 6.07) is 0. The first-order valence-corrected chi connectivity index (χ1v) is 5.13. The Bertz CT molecular complexity index is 476. The number of rotatable bonds is 0. The molecule has 0 aromatic carbocycles. The molecule has 1 fully saturated rings. The van der Waals surface area contributed by atoms with Crippen LogP contribution in [0.2, 0.25) is 0 Å². The zero-order chi connectivity index (χ0) is 20.4. The van der Waals surface area contributed by atoms with E-state index in [0.29, 0.717) is 0 Å². The van der Waals surface area contributed by atoms with Crippen molar-refractivity contribution in [1.82, 2.24) is 5.32 Å². The van der Waals surface area contributed by atoms with Crippen LogP contribution in [-0.2, 0) is 4.79 Å². The summed E-state index contributed by atoms with van der Waals surface area (Å²) in [4.78, 5) is 8.84. The molecule has 0 saturated carbocycles. The maximum Gasteiger partial charge on any atom is 0.163 e. The third-order valence-electron chi connectivity index (χ3n) is 1.65. The second-order valence-corrected chi connectivity index (χ2v) is 4.70. The Labute approximate surface area is 129 Å². The molecule has 0 spiro atoms. The maximum atomic E-state index is 12.6. The monoisotopic (exact) mass is 403 g/mol. The predicted octanol–water partition coefficient (Wildman–Crippen LogP) is 2.82. The molecule has 0 aromatic heterocycles. The molecule has 1 aliphatic heterocycles. The number of carbonyl (C=O) groups is 1. The van der Waals surface area contributed by atoms with Gasteiger partial charge in [-0.25, -0.2) is 0 Å². The predicted molar refractivity (Wildman–Crippen MR) is 72.1 cm³/mol. The van der Waals surface area contributed by atoms with Gasteiger partial charge in [0, 0.05) is 27.5 Å². The molecule has 84 valence electrons. The third-order valence-corrected chi connectivity index (χ3v) is 3.93. The number of piperidine rings is 1. The lowest BCUT2D eigenvalue weighted by molar-refractivity contribution is -0.122. The molecule has 5 heteroatoms. The minimum absolute atomic E-state index is 0. The second-order valence-electron chi connectivity index (χ2n) is 2.87. The van der Waals surface area contributed by atoms with Crippen molar-refractivity contribution in [3.8, 4) is 0 Å². The summed E-state index contributed by atoms with van der Waals surface area (Å²) in [7, 11) is 0. The van der Waals surface area contributed by atoms with E-state index in [4.69, 9.17) is 16.4 Å². The minimum Gasteiger partial charge on any atom is -0.304 e. The van der Waals surface area contributed by atoms with Crippen LogP contribution in [-0.4, -0.2) is 26.5 Å². The smallest absolute Gasteiger partial charge is 0.163 e. The Morgan fingerprint density at radius 2 is 1.57 bits per heavy atom. The van der Waals surface area contributed by atoms with Gasteiger partial charge in [-0.2, -0.15) is 0 Å². The van der Waals surface area contributed by atoms with Gasteiger partial charge in [0.25, 0.3) is 0 Å². The number of nitrogens with one attached hydrogen (secondary N) is 1. The standard InChI is InChI=1S/C9H15Br2NO.BrH/c1-8(2)6(10)5(13)7(11)9(3,4)12-8;/h6-7,12H,1-4H3;1H/i1D3,2D3,3D3,4D3;. The summed E-state index contributed by atoms with van der Waals surface area (Å²) < 4.78 is 91.8. The molecule has 1 heterocycles. The highest BCUT2D eigenvalue weighted by Crippen LogP contribution is 2.34. The molecule has 1 N–H and O–H groups in total. The molecule has 1 aliphatic rings. The average molecular weight is 406 g/mol. The van der Waals surface area contributed by atoms with Crippen LogP contribution < -0.4 is 5.32 Å². The molecule has 0 radical (unpaired) electrons. The lowest BCUT2D eigenvalue weighted by atomic mass is 9.82. The normalized spacial score (nSPS) is 51.1. The summed E-state index contributed by atoms with van der Waals surface area (Å²) in [6.45, 7) is -13.7. The fourth-order valence-electron chi connectivity index (χ4n) is 0.993. The van der Waals surface area contributed by atoms with E-state index in [-0.39, 0.29) is 17.0 Å². The molecule has 0 aromatic rings. The molecular formula is C9H16Br3NO. The van der Waals surface area contributed by atoms with Crippen molar-refractivity contribution in [2.24, 2.45) is 0 Å². The van der Waals surface area contributed by atoms with Crippen LogP contribution in [0.1, 0.15) is 43.9 Å². The molecule has 2 atom stereocenters. The topological polar surface area (TPSA) is 29.1 Å². The van der Waals surface area contributed by atoms with Gasteiger partial charge in [0.05, 0.1) is 9.65 Å². The Morgan fingerprint density at radius 1 is 1.21 bits per heavy atom. The van der Waals surface area contributed by atoms with E-state index in [1.807, 2.05) is 5.32 Å². The summed E-state index contributed by atoms with van der Waals surface area (Å²) in [5.74, 6) is -1.20. The van der Waals surface area contributed by atoms with Gasteiger partial charge in [0.2, 0.25) is 0 Å². The molecule has 14 heavy (non-hydrogen) atoms. The van der Waals surface area contributed by atoms with Crippen molar-refractivity contribution in [1.29, 1.82) is 0 Å². The van der Waals surface area contributed by atoms with Crippen LogP contribution in [0, 0.1) is 0 Å². The van der Waals surface area contributed by atoms with Crippen LogP contribution >= 0.6 is 48.8 Å². The van der Waals surface area contributed by atoms with Gasteiger partial charge in [0.15, 0.2) is 5.78 Å². The average Bonchev–Trinajstić information content (AvgIpc) is 2.30. The largest absolute Gasteiger partial charge is 0.304 e. The van der Waals surface area contributed by atoms with Crippen LogP contribution in [0.5, 0.6) is 0 Å².